The number of nitrogens with one attached hydrogen (secondary N) is 2. The summed E-state index contributed by atoms with van der Waals surface area (Å²) in [5.41, 5.74) is 1.85. The van der Waals surface area contributed by atoms with Crippen LogP contribution in [0.2, 0.25) is 0 Å². The number of benzene rings is 1. The molecule has 118 valence electrons. The summed E-state index contributed by atoms with van der Waals surface area (Å²) in [5.74, 6) is 1.14. The first-order chi connectivity index (χ1) is 10.0. The molecule has 1 aromatic rings. The van der Waals surface area contributed by atoms with Crippen molar-refractivity contribution in [2.24, 2.45) is 0 Å². The molecule has 2 rings (SSSR count). The maximum atomic E-state index is 12.5. The van der Waals surface area contributed by atoms with Gasteiger partial charge < -0.3 is 5.32 Å². The predicted octanol–water partition coefficient (Wildman–Crippen LogP) is 2.28. The number of hydrogen-bond acceptors (Lipinski definition) is 4. The first-order valence-corrected chi connectivity index (χ1v) is 9.92. The lowest BCUT2D eigenvalue weighted by Crippen LogP contribution is -2.32. The Labute approximate surface area is 132 Å². The minimum atomic E-state index is -3.42. The molecule has 1 aliphatic rings. The highest BCUT2D eigenvalue weighted by atomic mass is 32.2. The van der Waals surface area contributed by atoms with Gasteiger partial charge >= 0.3 is 0 Å². The van der Waals surface area contributed by atoms with E-state index in [1.54, 1.807) is 6.07 Å². The predicted molar refractivity (Wildman–Crippen MR) is 89.2 cm³/mol. The van der Waals surface area contributed by atoms with E-state index in [1.807, 2.05) is 37.9 Å². The summed E-state index contributed by atoms with van der Waals surface area (Å²) < 4.78 is 27.8. The molecule has 21 heavy (non-hydrogen) atoms. The Morgan fingerprint density at radius 2 is 2.14 bits per heavy atom. The number of sulfonamides is 1. The maximum Gasteiger partial charge on any atom is 0.240 e. The molecule has 0 aliphatic carbocycles. The van der Waals surface area contributed by atoms with E-state index in [-0.39, 0.29) is 0 Å². The van der Waals surface area contributed by atoms with E-state index in [1.165, 1.54) is 12.8 Å². The van der Waals surface area contributed by atoms with E-state index in [0.717, 1.165) is 23.3 Å². The van der Waals surface area contributed by atoms with Gasteiger partial charge in [0.25, 0.3) is 0 Å². The Kier molecular flexibility index (Phi) is 6.10. The van der Waals surface area contributed by atoms with Gasteiger partial charge in [-0.25, -0.2) is 13.1 Å². The molecule has 0 spiro atoms. The van der Waals surface area contributed by atoms with Gasteiger partial charge in [-0.1, -0.05) is 18.6 Å². The molecule has 0 amide bonds. The van der Waals surface area contributed by atoms with Crippen LogP contribution in [0.3, 0.4) is 0 Å². The van der Waals surface area contributed by atoms with Gasteiger partial charge in [-0.15, -0.1) is 0 Å². The average Bonchev–Trinajstić information content (AvgIpc) is 2.48. The number of rotatable bonds is 6. The topological polar surface area (TPSA) is 58.2 Å². The SMILES string of the molecule is CNCc1cccc(S(=O)(=O)NCC2CCCCS2)c1C. The van der Waals surface area contributed by atoms with E-state index >= 15 is 0 Å². The highest BCUT2D eigenvalue weighted by molar-refractivity contribution is 8.00. The largest absolute Gasteiger partial charge is 0.316 e. The molecule has 1 unspecified atom stereocenters. The van der Waals surface area contributed by atoms with Gasteiger partial charge in [0.05, 0.1) is 4.90 Å². The Morgan fingerprint density at radius 3 is 2.81 bits per heavy atom. The molecule has 1 atom stereocenters. The third-order valence-electron chi connectivity index (χ3n) is 3.83. The molecule has 1 aromatic carbocycles. The Balaban J connectivity index is 2.09. The number of hydrogen-bond donors (Lipinski definition) is 2. The first-order valence-electron chi connectivity index (χ1n) is 7.39. The van der Waals surface area contributed by atoms with Gasteiger partial charge in [0.15, 0.2) is 0 Å². The molecule has 0 aromatic heterocycles. The van der Waals surface area contributed by atoms with Gasteiger partial charge in [0.2, 0.25) is 10.0 Å². The highest BCUT2D eigenvalue weighted by Crippen LogP contribution is 2.25. The summed E-state index contributed by atoms with van der Waals surface area (Å²) in [4.78, 5) is 0.399. The second-order valence-electron chi connectivity index (χ2n) is 5.41. The van der Waals surface area contributed by atoms with Crippen LogP contribution in [-0.2, 0) is 16.6 Å². The first kappa shape index (κ1) is 16.8. The quantitative estimate of drug-likeness (QED) is 0.841. The molecule has 6 heteroatoms. The lowest BCUT2D eigenvalue weighted by molar-refractivity contribution is 0.573. The third kappa shape index (κ3) is 4.45. The van der Waals surface area contributed by atoms with Crippen LogP contribution in [0, 0.1) is 6.92 Å². The molecule has 1 fully saturated rings. The van der Waals surface area contributed by atoms with Crippen LogP contribution in [0.1, 0.15) is 30.4 Å². The minimum Gasteiger partial charge on any atom is -0.316 e. The van der Waals surface area contributed by atoms with Crippen molar-refractivity contribution in [3.63, 3.8) is 0 Å². The van der Waals surface area contributed by atoms with Crippen LogP contribution in [0.4, 0.5) is 0 Å². The summed E-state index contributed by atoms with van der Waals surface area (Å²) in [6, 6.07) is 5.45. The van der Waals surface area contributed by atoms with Crippen molar-refractivity contribution in [2.75, 3.05) is 19.3 Å². The number of thioether (sulfide) groups is 1. The van der Waals surface area contributed by atoms with Crippen LogP contribution < -0.4 is 10.0 Å². The van der Waals surface area contributed by atoms with Crippen LogP contribution >= 0.6 is 11.8 Å². The van der Waals surface area contributed by atoms with E-state index < -0.39 is 10.0 Å². The summed E-state index contributed by atoms with van der Waals surface area (Å²) in [7, 11) is -1.56. The minimum absolute atomic E-state index is 0.399. The van der Waals surface area contributed by atoms with Crippen molar-refractivity contribution in [1.82, 2.24) is 10.0 Å². The van der Waals surface area contributed by atoms with E-state index in [0.29, 0.717) is 23.2 Å². The summed E-state index contributed by atoms with van der Waals surface area (Å²) in [6.45, 7) is 3.08. The zero-order valence-electron chi connectivity index (χ0n) is 12.7. The zero-order valence-corrected chi connectivity index (χ0v) is 14.3. The van der Waals surface area contributed by atoms with Gasteiger partial charge in [0, 0.05) is 18.3 Å². The van der Waals surface area contributed by atoms with Crippen molar-refractivity contribution < 1.29 is 8.42 Å². The second-order valence-corrected chi connectivity index (χ2v) is 8.55. The molecule has 1 aliphatic heterocycles. The Bertz CT molecular complexity index is 567. The Hall–Kier alpha value is -0.560. The van der Waals surface area contributed by atoms with Crippen LogP contribution in [0.15, 0.2) is 23.1 Å². The van der Waals surface area contributed by atoms with Crippen molar-refractivity contribution >= 4 is 21.8 Å². The van der Waals surface area contributed by atoms with Gasteiger partial charge in [0.1, 0.15) is 0 Å². The molecule has 1 heterocycles. The zero-order chi connectivity index (χ0) is 15.3. The smallest absolute Gasteiger partial charge is 0.240 e. The van der Waals surface area contributed by atoms with Crippen molar-refractivity contribution in [3.8, 4) is 0 Å². The molecule has 0 saturated carbocycles. The van der Waals surface area contributed by atoms with Gasteiger partial charge in [-0.2, -0.15) is 11.8 Å². The lowest BCUT2D eigenvalue weighted by atomic mass is 10.1. The fourth-order valence-electron chi connectivity index (χ4n) is 2.58. The van der Waals surface area contributed by atoms with E-state index in [4.69, 9.17) is 0 Å². The third-order valence-corrected chi connectivity index (χ3v) is 6.79. The van der Waals surface area contributed by atoms with E-state index in [9.17, 15) is 8.42 Å². The Morgan fingerprint density at radius 1 is 1.33 bits per heavy atom. The maximum absolute atomic E-state index is 12.5. The fraction of sp³-hybridized carbons (Fsp3) is 0.600. The summed E-state index contributed by atoms with van der Waals surface area (Å²) in [5, 5.41) is 3.48. The standard InChI is InChI=1S/C15H24N2O2S2/c1-12-13(10-16-2)6-5-8-15(12)21(18,19)17-11-14-7-3-4-9-20-14/h5-6,8,14,16-17H,3-4,7,9-11H2,1-2H3. The van der Waals surface area contributed by atoms with Gasteiger partial charge in [-0.3, -0.25) is 0 Å². The van der Waals surface area contributed by atoms with Crippen LogP contribution in [-0.4, -0.2) is 33.0 Å². The molecular weight excluding hydrogens is 304 g/mol. The summed E-state index contributed by atoms with van der Waals surface area (Å²) >= 11 is 1.88. The van der Waals surface area contributed by atoms with Gasteiger partial charge in [-0.05, 0) is 49.8 Å². The average molecular weight is 329 g/mol. The molecule has 1 saturated heterocycles. The molecule has 0 radical (unpaired) electrons. The van der Waals surface area contributed by atoms with Crippen LogP contribution in [0.5, 0.6) is 0 Å². The molecule has 0 bridgehead atoms. The fourth-order valence-corrected chi connectivity index (χ4v) is 5.29. The molecular formula is C15H24N2O2S2. The molecule has 4 nitrogen and oxygen atoms in total. The second kappa shape index (κ2) is 7.63. The van der Waals surface area contributed by atoms with E-state index in [2.05, 4.69) is 10.0 Å². The lowest BCUT2D eigenvalue weighted by Gasteiger charge is -2.21. The van der Waals surface area contributed by atoms with Crippen LogP contribution in [0.25, 0.3) is 0 Å². The monoisotopic (exact) mass is 328 g/mol. The molecule has 2 N–H and O–H groups in total. The highest BCUT2D eigenvalue weighted by Gasteiger charge is 2.21. The van der Waals surface area contributed by atoms with Crippen molar-refractivity contribution in [3.05, 3.63) is 29.3 Å². The normalized spacial score (nSPS) is 19.6. The van der Waals surface area contributed by atoms with Crippen molar-refractivity contribution in [2.45, 2.75) is 42.9 Å². The summed E-state index contributed by atoms with van der Waals surface area (Å²) in [6.07, 6.45) is 3.56. The van der Waals surface area contributed by atoms with Crippen molar-refractivity contribution in [1.29, 1.82) is 0 Å².